The van der Waals surface area contributed by atoms with Gasteiger partial charge in [0.15, 0.2) is 0 Å². The Hall–Kier alpha value is 0.620. The summed E-state index contributed by atoms with van der Waals surface area (Å²) in [4.78, 5) is 0. The lowest BCUT2D eigenvalue weighted by Gasteiger charge is -1.90. The van der Waals surface area contributed by atoms with E-state index in [0.717, 1.165) is 14.0 Å². The molecule has 1 aromatic rings. The van der Waals surface area contributed by atoms with E-state index in [2.05, 4.69) is 31.9 Å². The van der Waals surface area contributed by atoms with Crippen molar-refractivity contribution in [2.75, 3.05) is 6.61 Å². The zero-order valence-electron chi connectivity index (χ0n) is 5.10. The first-order valence-corrected chi connectivity index (χ1v) is 5.19. The van der Waals surface area contributed by atoms with E-state index in [1.165, 1.54) is 5.56 Å². The quantitative estimate of drug-likeness (QED) is 0.886. The predicted molar refractivity (Wildman–Crippen MR) is 50.5 cm³/mol. The van der Waals surface area contributed by atoms with Gasteiger partial charge in [0.05, 0.1) is 7.57 Å². The summed E-state index contributed by atoms with van der Waals surface area (Å²) in [7, 11) is 0. The highest BCUT2D eigenvalue weighted by atomic mass is 79.9. The minimum atomic E-state index is 0.210. The Morgan fingerprint density at radius 3 is 2.60 bits per heavy atom. The fraction of sp³-hybridized carbons (Fsp3) is 0.333. The van der Waals surface area contributed by atoms with Gasteiger partial charge < -0.3 is 5.11 Å². The number of aliphatic hydroxyl groups is 1. The third-order valence-electron chi connectivity index (χ3n) is 1.11. The highest BCUT2D eigenvalue weighted by Gasteiger charge is 2.02. The average molecular weight is 286 g/mol. The molecular formula is C6H6Br2OS. The molecule has 0 unspecified atom stereocenters. The van der Waals surface area contributed by atoms with Crippen molar-refractivity contribution in [2.24, 2.45) is 0 Å². The van der Waals surface area contributed by atoms with Gasteiger partial charge in [-0.1, -0.05) is 0 Å². The van der Waals surface area contributed by atoms with E-state index in [0.29, 0.717) is 0 Å². The Bertz CT molecular complexity index is 222. The molecule has 0 saturated carbocycles. The van der Waals surface area contributed by atoms with Crippen LogP contribution in [0.1, 0.15) is 5.56 Å². The monoisotopic (exact) mass is 284 g/mol. The molecule has 0 aromatic carbocycles. The normalized spacial score (nSPS) is 10.3. The van der Waals surface area contributed by atoms with Gasteiger partial charge in [0.2, 0.25) is 0 Å². The molecule has 1 nitrogen and oxygen atoms in total. The summed E-state index contributed by atoms with van der Waals surface area (Å²) in [6.45, 7) is 0.210. The van der Waals surface area contributed by atoms with Gasteiger partial charge in [-0.25, -0.2) is 0 Å². The SMILES string of the molecule is OCCc1cc(Br)sc1Br. The second-order valence-electron chi connectivity index (χ2n) is 1.82. The summed E-state index contributed by atoms with van der Waals surface area (Å²) in [6, 6.07) is 2.02. The molecule has 1 heterocycles. The first kappa shape index (κ1) is 8.71. The summed E-state index contributed by atoms with van der Waals surface area (Å²) >= 11 is 8.39. The predicted octanol–water partition coefficient (Wildman–Crippen LogP) is 2.81. The van der Waals surface area contributed by atoms with Crippen LogP contribution in [0.3, 0.4) is 0 Å². The van der Waals surface area contributed by atoms with E-state index in [1.54, 1.807) is 11.3 Å². The highest BCUT2D eigenvalue weighted by molar-refractivity contribution is 9.12. The molecule has 4 heteroatoms. The van der Waals surface area contributed by atoms with Crippen LogP contribution in [0, 0.1) is 0 Å². The van der Waals surface area contributed by atoms with Crippen molar-refractivity contribution in [2.45, 2.75) is 6.42 Å². The Morgan fingerprint density at radius 2 is 2.20 bits per heavy atom. The second-order valence-corrected chi connectivity index (χ2v) is 5.57. The Kier molecular flexibility index (Phi) is 3.36. The topological polar surface area (TPSA) is 20.2 Å². The maximum atomic E-state index is 8.62. The van der Waals surface area contributed by atoms with E-state index in [-0.39, 0.29) is 6.61 Å². The smallest absolute Gasteiger partial charge is 0.0743 e. The van der Waals surface area contributed by atoms with Crippen molar-refractivity contribution in [3.8, 4) is 0 Å². The zero-order chi connectivity index (χ0) is 7.56. The summed E-state index contributed by atoms with van der Waals surface area (Å²) < 4.78 is 2.20. The number of hydrogen-bond donors (Lipinski definition) is 1. The van der Waals surface area contributed by atoms with Gasteiger partial charge in [-0.05, 0) is 49.9 Å². The molecule has 0 atom stereocenters. The van der Waals surface area contributed by atoms with Crippen LogP contribution < -0.4 is 0 Å². The van der Waals surface area contributed by atoms with Gasteiger partial charge >= 0.3 is 0 Å². The van der Waals surface area contributed by atoms with Crippen molar-refractivity contribution in [3.63, 3.8) is 0 Å². The molecule has 0 fully saturated rings. The minimum Gasteiger partial charge on any atom is -0.396 e. The fourth-order valence-corrected chi connectivity index (χ4v) is 3.58. The molecule has 0 bridgehead atoms. The van der Waals surface area contributed by atoms with E-state index in [1.807, 2.05) is 6.07 Å². The van der Waals surface area contributed by atoms with Crippen molar-refractivity contribution in [1.82, 2.24) is 0 Å². The number of halogens is 2. The van der Waals surface area contributed by atoms with Gasteiger partial charge in [0, 0.05) is 6.61 Å². The molecule has 0 spiro atoms. The van der Waals surface area contributed by atoms with Crippen LogP contribution in [-0.2, 0) is 6.42 Å². The molecule has 0 radical (unpaired) electrons. The number of aliphatic hydroxyl groups excluding tert-OH is 1. The summed E-state index contributed by atoms with van der Waals surface area (Å²) in [5.74, 6) is 0. The zero-order valence-corrected chi connectivity index (χ0v) is 9.09. The lowest BCUT2D eigenvalue weighted by Crippen LogP contribution is -1.87. The van der Waals surface area contributed by atoms with E-state index in [4.69, 9.17) is 5.11 Å². The standard InChI is InChI=1S/C6H6Br2OS/c7-5-3-4(1-2-9)6(8)10-5/h3,9H,1-2H2. The number of thiophene rings is 1. The Morgan fingerprint density at radius 1 is 1.50 bits per heavy atom. The molecule has 0 amide bonds. The molecule has 1 N–H and O–H groups in total. The summed E-state index contributed by atoms with van der Waals surface area (Å²) in [5.41, 5.74) is 1.17. The molecular weight excluding hydrogens is 280 g/mol. The maximum absolute atomic E-state index is 8.62. The fourth-order valence-electron chi connectivity index (χ4n) is 0.665. The first-order chi connectivity index (χ1) is 4.74. The minimum absolute atomic E-state index is 0.210. The van der Waals surface area contributed by atoms with Gasteiger partial charge in [-0.15, -0.1) is 11.3 Å². The van der Waals surface area contributed by atoms with Crippen LogP contribution in [0.15, 0.2) is 13.6 Å². The van der Waals surface area contributed by atoms with Crippen molar-refractivity contribution in [1.29, 1.82) is 0 Å². The lowest BCUT2D eigenvalue weighted by molar-refractivity contribution is 0.299. The largest absolute Gasteiger partial charge is 0.396 e. The van der Waals surface area contributed by atoms with Crippen LogP contribution in [0.2, 0.25) is 0 Å². The van der Waals surface area contributed by atoms with E-state index < -0.39 is 0 Å². The van der Waals surface area contributed by atoms with Gasteiger partial charge in [-0.3, -0.25) is 0 Å². The molecule has 1 aromatic heterocycles. The van der Waals surface area contributed by atoms with E-state index in [9.17, 15) is 0 Å². The average Bonchev–Trinajstić information content (AvgIpc) is 2.13. The molecule has 1 rings (SSSR count). The lowest BCUT2D eigenvalue weighted by atomic mass is 10.3. The van der Waals surface area contributed by atoms with Crippen LogP contribution in [0.25, 0.3) is 0 Å². The van der Waals surface area contributed by atoms with Gasteiger partial charge in [0.25, 0.3) is 0 Å². The van der Waals surface area contributed by atoms with Crippen molar-refractivity contribution in [3.05, 3.63) is 19.2 Å². The molecule has 0 aliphatic heterocycles. The number of rotatable bonds is 2. The Balaban J connectivity index is 2.81. The molecule has 0 saturated heterocycles. The summed E-state index contributed by atoms with van der Waals surface area (Å²) in [5, 5.41) is 8.62. The molecule has 10 heavy (non-hydrogen) atoms. The first-order valence-electron chi connectivity index (χ1n) is 2.78. The van der Waals surface area contributed by atoms with Crippen LogP contribution in [-0.4, -0.2) is 11.7 Å². The van der Waals surface area contributed by atoms with E-state index >= 15 is 0 Å². The third-order valence-corrected chi connectivity index (χ3v) is 3.57. The van der Waals surface area contributed by atoms with Gasteiger partial charge in [0.1, 0.15) is 0 Å². The van der Waals surface area contributed by atoms with Crippen molar-refractivity contribution >= 4 is 43.2 Å². The van der Waals surface area contributed by atoms with Gasteiger partial charge in [-0.2, -0.15) is 0 Å². The molecule has 56 valence electrons. The molecule has 0 aliphatic rings. The van der Waals surface area contributed by atoms with Crippen molar-refractivity contribution < 1.29 is 5.11 Å². The number of hydrogen-bond acceptors (Lipinski definition) is 2. The van der Waals surface area contributed by atoms with Crippen LogP contribution in [0.5, 0.6) is 0 Å². The van der Waals surface area contributed by atoms with Crippen LogP contribution >= 0.6 is 43.2 Å². The van der Waals surface area contributed by atoms with Crippen LogP contribution in [0.4, 0.5) is 0 Å². The maximum Gasteiger partial charge on any atom is 0.0743 e. The highest BCUT2D eigenvalue weighted by Crippen LogP contribution is 2.31. The Labute approximate surface area is 80.3 Å². The molecule has 0 aliphatic carbocycles. The summed E-state index contributed by atoms with van der Waals surface area (Å²) in [6.07, 6.45) is 0.725. The second kappa shape index (κ2) is 3.85. The third kappa shape index (κ3) is 2.05.